The van der Waals surface area contributed by atoms with Crippen molar-refractivity contribution >= 4 is 16.8 Å². The summed E-state index contributed by atoms with van der Waals surface area (Å²) in [5.74, 6) is -0.750. The molecule has 4 rings (SSSR count). The molecule has 1 amide bonds. The van der Waals surface area contributed by atoms with Crippen LogP contribution < -0.4 is 5.32 Å². The van der Waals surface area contributed by atoms with Gasteiger partial charge in [0, 0.05) is 38.8 Å². The number of alkyl halides is 6. The lowest BCUT2D eigenvalue weighted by Crippen LogP contribution is -2.26. The monoisotopic (exact) mass is 606 g/mol. The third kappa shape index (κ3) is 7.32. The normalized spacial score (nSPS) is 12.1. The Morgan fingerprint density at radius 2 is 1.33 bits per heavy atom. The number of amides is 1. The highest BCUT2D eigenvalue weighted by Crippen LogP contribution is 2.38. The van der Waals surface area contributed by atoms with Crippen molar-refractivity contribution in [2.75, 3.05) is 21.3 Å². The topological polar surface area (TPSA) is 69.7 Å². The number of rotatable bonds is 10. The molecule has 1 aromatic heterocycles. The fraction of sp³-hybridized carbons (Fsp3) is 0.290. The van der Waals surface area contributed by atoms with Gasteiger partial charge < -0.3 is 19.5 Å². The zero-order valence-electron chi connectivity index (χ0n) is 23.4. The maximum absolute atomic E-state index is 13.8. The van der Waals surface area contributed by atoms with Gasteiger partial charge in [-0.3, -0.25) is 4.79 Å². The molecule has 0 radical (unpaired) electrons. The molecular weight excluding hydrogens is 578 g/mol. The average molecular weight is 607 g/mol. The first-order chi connectivity index (χ1) is 20.4. The van der Waals surface area contributed by atoms with Crippen molar-refractivity contribution in [3.8, 4) is 11.1 Å². The van der Waals surface area contributed by atoms with E-state index in [9.17, 15) is 31.1 Å². The molecule has 1 N–H and O–H groups in total. The van der Waals surface area contributed by atoms with E-state index in [2.05, 4.69) is 10.3 Å². The molecule has 6 nitrogen and oxygen atoms in total. The molecule has 0 unspecified atom stereocenters. The number of halogens is 6. The van der Waals surface area contributed by atoms with Crippen molar-refractivity contribution in [3.63, 3.8) is 0 Å². The van der Waals surface area contributed by atoms with Crippen molar-refractivity contribution < 1.29 is 45.3 Å². The Bertz CT molecular complexity index is 1570. The minimum Gasteiger partial charge on any atom is -0.380 e. The molecule has 0 fully saturated rings. The van der Waals surface area contributed by atoms with Crippen LogP contribution in [0.15, 0.2) is 60.7 Å². The van der Waals surface area contributed by atoms with Crippen LogP contribution >= 0.6 is 0 Å². The summed E-state index contributed by atoms with van der Waals surface area (Å²) in [4.78, 5) is 18.5. The van der Waals surface area contributed by atoms with E-state index in [0.29, 0.717) is 34.2 Å². The number of pyridine rings is 1. The first-order valence-corrected chi connectivity index (χ1v) is 12.9. The zero-order chi connectivity index (χ0) is 31.4. The second kappa shape index (κ2) is 13.1. The lowest BCUT2D eigenvalue weighted by atomic mass is 9.91. The first-order valence-electron chi connectivity index (χ1n) is 12.9. The number of ether oxygens (including phenoxy) is 3. The number of methoxy groups -OCH3 is 3. The Morgan fingerprint density at radius 3 is 1.86 bits per heavy atom. The number of hydrogen-bond acceptors (Lipinski definition) is 5. The number of carbonyl (C=O) groups excluding carboxylic acids is 1. The largest absolute Gasteiger partial charge is 0.416 e. The molecule has 3 aromatic carbocycles. The van der Waals surface area contributed by atoms with Crippen molar-refractivity contribution in [3.05, 3.63) is 99.7 Å². The van der Waals surface area contributed by atoms with Gasteiger partial charge in [0.2, 0.25) is 0 Å². The lowest BCUT2D eigenvalue weighted by Gasteiger charge is -2.20. The lowest BCUT2D eigenvalue weighted by molar-refractivity contribution is -0.143. The van der Waals surface area contributed by atoms with E-state index in [0.717, 1.165) is 11.1 Å². The molecule has 43 heavy (non-hydrogen) atoms. The molecule has 1 heterocycles. The molecular formula is C31H28F6N2O4. The molecule has 0 aliphatic carbocycles. The molecule has 0 spiro atoms. The summed E-state index contributed by atoms with van der Waals surface area (Å²) in [6.07, 6.45) is -10.0. The Kier molecular flexibility index (Phi) is 9.73. The van der Waals surface area contributed by atoms with Gasteiger partial charge in [-0.25, -0.2) is 4.98 Å². The summed E-state index contributed by atoms with van der Waals surface area (Å²) < 4.78 is 96.4. The van der Waals surface area contributed by atoms with Crippen molar-refractivity contribution in [1.29, 1.82) is 0 Å². The van der Waals surface area contributed by atoms with Crippen LogP contribution in [0.5, 0.6) is 0 Å². The molecule has 0 aliphatic heterocycles. The molecule has 0 aliphatic rings. The highest BCUT2D eigenvalue weighted by atomic mass is 19.4. The van der Waals surface area contributed by atoms with Crippen molar-refractivity contribution in [1.82, 2.24) is 10.3 Å². The first kappa shape index (κ1) is 31.9. The van der Waals surface area contributed by atoms with Gasteiger partial charge in [-0.15, -0.1) is 0 Å². The van der Waals surface area contributed by atoms with Gasteiger partial charge in [0.25, 0.3) is 5.91 Å². The van der Waals surface area contributed by atoms with E-state index in [1.807, 2.05) is 12.1 Å². The summed E-state index contributed by atoms with van der Waals surface area (Å²) in [7, 11) is 4.50. The Morgan fingerprint density at radius 1 is 0.767 bits per heavy atom. The van der Waals surface area contributed by atoms with Crippen LogP contribution in [0, 0.1) is 0 Å². The third-order valence-electron chi connectivity index (χ3n) is 6.65. The minimum atomic E-state index is -5.02. The Hall–Kier alpha value is -4.00. The number of benzene rings is 3. The second-order valence-corrected chi connectivity index (χ2v) is 9.71. The van der Waals surface area contributed by atoms with Crippen molar-refractivity contribution in [2.45, 2.75) is 38.7 Å². The minimum absolute atomic E-state index is 0.0399. The van der Waals surface area contributed by atoms with Gasteiger partial charge in [-0.05, 0) is 52.6 Å². The Balaban J connectivity index is 1.88. The standard InChI is InChI=1S/C31H28F6N2O4/c1-41-15-20-11-24-25(12-21(20)16-42-2)39-26(17-43-3)28(27(24)19-7-5-4-6-8-19)29(40)38-14-18-9-22(30(32,33)34)13-23(10-18)31(35,36)37/h4-13H,14-17H2,1-3H3,(H,38,40). The predicted molar refractivity (Wildman–Crippen MR) is 147 cm³/mol. The molecule has 0 saturated carbocycles. The maximum atomic E-state index is 13.8. The summed E-state index contributed by atoms with van der Waals surface area (Å²) >= 11 is 0. The van der Waals surface area contributed by atoms with Crippen LogP contribution in [0.1, 0.15) is 43.9 Å². The number of hydrogen-bond donors (Lipinski definition) is 1. The number of aromatic nitrogens is 1. The maximum Gasteiger partial charge on any atom is 0.416 e. The molecule has 228 valence electrons. The van der Waals surface area contributed by atoms with Gasteiger partial charge in [0.1, 0.15) is 0 Å². The van der Waals surface area contributed by atoms with Crippen molar-refractivity contribution in [2.24, 2.45) is 0 Å². The quantitative estimate of drug-likeness (QED) is 0.192. The molecule has 0 bridgehead atoms. The van der Waals surface area contributed by atoms with E-state index in [1.54, 1.807) is 37.4 Å². The number of nitrogens with one attached hydrogen (secondary N) is 1. The van der Waals surface area contributed by atoms with Crippen LogP contribution in [-0.2, 0) is 52.9 Å². The molecule has 12 heteroatoms. The van der Waals surface area contributed by atoms with Gasteiger partial charge in [0.15, 0.2) is 0 Å². The highest BCUT2D eigenvalue weighted by Gasteiger charge is 2.37. The second-order valence-electron chi connectivity index (χ2n) is 9.71. The van der Waals surface area contributed by atoms with Gasteiger partial charge in [-0.2, -0.15) is 26.3 Å². The Labute approximate surface area is 243 Å². The smallest absolute Gasteiger partial charge is 0.380 e. The van der Waals surface area contributed by atoms with E-state index in [4.69, 9.17) is 14.2 Å². The van der Waals surface area contributed by atoms with Crippen LogP contribution in [0.4, 0.5) is 26.3 Å². The summed E-state index contributed by atoms with van der Waals surface area (Å²) in [5, 5.41) is 3.09. The number of carbonyl (C=O) groups is 1. The number of nitrogens with zero attached hydrogens (tertiary/aromatic N) is 1. The number of fused-ring (bicyclic) bond motifs is 1. The van der Waals surface area contributed by atoms with Crippen LogP contribution in [0.2, 0.25) is 0 Å². The fourth-order valence-electron chi connectivity index (χ4n) is 4.81. The zero-order valence-corrected chi connectivity index (χ0v) is 23.4. The fourth-order valence-corrected chi connectivity index (χ4v) is 4.81. The average Bonchev–Trinajstić information content (AvgIpc) is 2.95. The van der Waals surface area contributed by atoms with Crippen LogP contribution in [-0.4, -0.2) is 32.2 Å². The van der Waals surface area contributed by atoms with Gasteiger partial charge >= 0.3 is 12.4 Å². The van der Waals surface area contributed by atoms with E-state index in [1.165, 1.54) is 14.2 Å². The van der Waals surface area contributed by atoms with E-state index < -0.39 is 35.9 Å². The molecule has 0 saturated heterocycles. The summed E-state index contributed by atoms with van der Waals surface area (Å²) in [5.41, 5.74) is 0.227. The SMILES string of the molecule is COCc1cc2nc(COC)c(C(=O)NCc3cc(C(F)(F)F)cc(C(F)(F)F)c3)c(-c3ccccc3)c2cc1COC. The summed E-state index contributed by atoms with van der Waals surface area (Å²) in [6, 6.07) is 13.8. The van der Waals surface area contributed by atoms with Crippen LogP contribution in [0.25, 0.3) is 22.0 Å². The molecule has 0 atom stereocenters. The van der Waals surface area contributed by atoms with Gasteiger partial charge in [-0.1, -0.05) is 30.3 Å². The molecule has 4 aromatic rings. The third-order valence-corrected chi connectivity index (χ3v) is 6.65. The van der Waals surface area contributed by atoms with Crippen LogP contribution in [0.3, 0.4) is 0 Å². The predicted octanol–water partition coefficient (Wildman–Crippen LogP) is 7.31. The van der Waals surface area contributed by atoms with Gasteiger partial charge in [0.05, 0.1) is 47.7 Å². The summed E-state index contributed by atoms with van der Waals surface area (Å²) in [6.45, 7) is -0.191. The van der Waals surface area contributed by atoms with E-state index >= 15 is 0 Å². The van der Waals surface area contributed by atoms with E-state index in [-0.39, 0.29) is 42.7 Å². The highest BCUT2D eigenvalue weighted by molar-refractivity contribution is 6.10.